The van der Waals surface area contributed by atoms with E-state index in [1.165, 1.54) is 12.1 Å². The van der Waals surface area contributed by atoms with E-state index in [-0.39, 0.29) is 23.7 Å². The number of carbonyl (C=O) groups is 1. The van der Waals surface area contributed by atoms with Crippen LogP contribution in [0.1, 0.15) is 43.7 Å². The highest BCUT2D eigenvalue weighted by atomic mass is 19.1. The minimum atomic E-state index is -0.256. The Labute approximate surface area is 148 Å². The number of amides is 1. The van der Waals surface area contributed by atoms with Crippen LogP contribution in [0.2, 0.25) is 0 Å². The van der Waals surface area contributed by atoms with E-state index < -0.39 is 0 Å². The summed E-state index contributed by atoms with van der Waals surface area (Å²) in [7, 11) is 0. The molecule has 1 aromatic carbocycles. The number of hydrogen-bond donors (Lipinski definition) is 2. The molecule has 1 amide bonds. The number of primary amides is 1. The fourth-order valence-electron chi connectivity index (χ4n) is 3.83. The quantitative estimate of drug-likeness (QED) is 0.773. The van der Waals surface area contributed by atoms with Crippen LogP contribution in [0.3, 0.4) is 0 Å². The number of halogens is 1. The number of benzene rings is 1. The molecule has 3 rings (SSSR count). The molecule has 6 heteroatoms. The maximum Gasteiger partial charge on any atom is 0.221 e. The van der Waals surface area contributed by atoms with Gasteiger partial charge in [-0.05, 0) is 57.8 Å². The maximum absolute atomic E-state index is 13.4. The number of hydrogen-bond acceptors (Lipinski definition) is 4. The lowest BCUT2D eigenvalue weighted by Crippen LogP contribution is -2.42. The van der Waals surface area contributed by atoms with E-state index in [2.05, 4.69) is 10.2 Å². The van der Waals surface area contributed by atoms with Crippen LogP contribution in [-0.4, -0.2) is 43.6 Å². The fourth-order valence-corrected chi connectivity index (χ4v) is 3.83. The molecule has 0 radical (unpaired) electrons. The topological polar surface area (TPSA) is 67.6 Å². The zero-order valence-electron chi connectivity index (χ0n) is 14.7. The Morgan fingerprint density at radius 2 is 2.24 bits per heavy atom. The van der Waals surface area contributed by atoms with E-state index in [9.17, 15) is 9.18 Å². The number of likely N-dealkylation sites (tertiary alicyclic amines) is 1. The SMILES string of the molecule is NC(=O)[C@@H]1CCCN(CCCN[C@@H]2CCCOc3cc(F)ccc32)C1. The third-order valence-electron chi connectivity index (χ3n) is 5.20. The van der Waals surface area contributed by atoms with Crippen molar-refractivity contribution < 1.29 is 13.9 Å². The van der Waals surface area contributed by atoms with Gasteiger partial charge in [0.1, 0.15) is 11.6 Å². The van der Waals surface area contributed by atoms with Crippen molar-refractivity contribution in [1.29, 1.82) is 0 Å². The first-order chi connectivity index (χ1) is 12.1. The average Bonchev–Trinajstić information content (AvgIpc) is 2.80. The van der Waals surface area contributed by atoms with E-state index in [1.54, 1.807) is 0 Å². The van der Waals surface area contributed by atoms with Crippen LogP contribution in [0.15, 0.2) is 18.2 Å². The van der Waals surface area contributed by atoms with Crippen molar-refractivity contribution in [3.8, 4) is 5.75 Å². The molecule has 1 aromatic rings. The molecule has 0 saturated carbocycles. The number of nitrogens with one attached hydrogen (secondary N) is 1. The molecule has 2 heterocycles. The van der Waals surface area contributed by atoms with Gasteiger partial charge in [-0.2, -0.15) is 0 Å². The Morgan fingerprint density at radius 1 is 1.36 bits per heavy atom. The second kappa shape index (κ2) is 8.63. The van der Waals surface area contributed by atoms with E-state index in [1.807, 2.05) is 6.07 Å². The van der Waals surface area contributed by atoms with E-state index in [4.69, 9.17) is 10.5 Å². The lowest BCUT2D eigenvalue weighted by atomic mass is 9.97. The summed E-state index contributed by atoms with van der Waals surface area (Å²) < 4.78 is 19.1. The van der Waals surface area contributed by atoms with E-state index in [0.29, 0.717) is 12.4 Å². The van der Waals surface area contributed by atoms with Crippen molar-refractivity contribution in [3.63, 3.8) is 0 Å². The van der Waals surface area contributed by atoms with Crippen molar-refractivity contribution in [3.05, 3.63) is 29.6 Å². The molecule has 0 aromatic heterocycles. The molecule has 1 fully saturated rings. The van der Waals surface area contributed by atoms with Gasteiger partial charge in [0.25, 0.3) is 0 Å². The minimum absolute atomic E-state index is 0.00230. The summed E-state index contributed by atoms with van der Waals surface area (Å²) in [5, 5.41) is 3.59. The average molecular weight is 349 g/mol. The molecule has 0 spiro atoms. The normalized spacial score (nSPS) is 24.2. The number of rotatable bonds is 6. The summed E-state index contributed by atoms with van der Waals surface area (Å²) in [5.41, 5.74) is 6.48. The van der Waals surface area contributed by atoms with Gasteiger partial charge in [0.05, 0.1) is 12.5 Å². The molecule has 0 aliphatic carbocycles. The highest BCUT2D eigenvalue weighted by Crippen LogP contribution is 2.32. The fraction of sp³-hybridized carbons (Fsp3) is 0.632. The second-order valence-electron chi connectivity index (χ2n) is 7.08. The molecule has 5 nitrogen and oxygen atoms in total. The predicted octanol–water partition coefficient (Wildman–Crippen LogP) is 2.22. The van der Waals surface area contributed by atoms with Crippen molar-refractivity contribution in [2.45, 2.75) is 38.1 Å². The lowest BCUT2D eigenvalue weighted by molar-refractivity contribution is -0.123. The zero-order valence-corrected chi connectivity index (χ0v) is 14.7. The molecule has 25 heavy (non-hydrogen) atoms. The summed E-state index contributed by atoms with van der Waals surface area (Å²) in [6.07, 6.45) is 4.92. The maximum atomic E-state index is 13.4. The Bertz CT molecular complexity index is 596. The molecule has 3 N–H and O–H groups in total. The van der Waals surface area contributed by atoms with Crippen molar-refractivity contribution in [2.24, 2.45) is 11.7 Å². The van der Waals surface area contributed by atoms with Crippen molar-refractivity contribution in [2.75, 3.05) is 32.8 Å². The minimum Gasteiger partial charge on any atom is -0.493 e. The van der Waals surface area contributed by atoms with Gasteiger partial charge in [0.15, 0.2) is 0 Å². The summed E-state index contributed by atoms with van der Waals surface area (Å²) in [6, 6.07) is 5.01. The highest BCUT2D eigenvalue weighted by molar-refractivity contribution is 5.76. The monoisotopic (exact) mass is 349 g/mol. The Morgan fingerprint density at radius 3 is 3.08 bits per heavy atom. The lowest BCUT2D eigenvalue weighted by Gasteiger charge is -2.31. The molecule has 1 saturated heterocycles. The highest BCUT2D eigenvalue weighted by Gasteiger charge is 2.24. The third-order valence-corrected chi connectivity index (χ3v) is 5.20. The largest absolute Gasteiger partial charge is 0.493 e. The molecule has 2 aliphatic heterocycles. The zero-order chi connectivity index (χ0) is 17.6. The van der Waals surface area contributed by atoms with Gasteiger partial charge in [0, 0.05) is 24.2 Å². The molecule has 2 aliphatic rings. The number of nitrogens with two attached hydrogens (primary N) is 1. The number of carbonyl (C=O) groups excluding carboxylic acids is 1. The number of piperidine rings is 1. The number of ether oxygens (including phenoxy) is 1. The molecule has 138 valence electrons. The standard InChI is InChI=1S/C19H28FN3O2/c20-15-6-7-16-17(5-2-11-25-18(16)12-15)22-8-3-10-23-9-1-4-14(13-23)19(21)24/h6-7,12,14,17,22H,1-5,8-11,13H2,(H2,21,24)/t14-,17-/m1/s1. The number of fused-ring (bicyclic) bond motifs is 1. The first kappa shape index (κ1) is 18.1. The first-order valence-corrected chi connectivity index (χ1v) is 9.31. The van der Waals surface area contributed by atoms with Crippen LogP contribution < -0.4 is 15.8 Å². The summed E-state index contributed by atoms with van der Waals surface area (Å²) in [6.45, 7) is 4.32. The first-order valence-electron chi connectivity index (χ1n) is 9.31. The van der Waals surface area contributed by atoms with Gasteiger partial charge in [-0.15, -0.1) is 0 Å². The summed E-state index contributed by atoms with van der Waals surface area (Å²) in [5.74, 6) is 0.233. The molecular weight excluding hydrogens is 321 g/mol. The van der Waals surface area contributed by atoms with E-state index in [0.717, 1.165) is 63.8 Å². The van der Waals surface area contributed by atoms with Crippen LogP contribution in [0.5, 0.6) is 5.75 Å². The Kier molecular flexibility index (Phi) is 6.26. The summed E-state index contributed by atoms with van der Waals surface area (Å²) >= 11 is 0. The molecule has 2 atom stereocenters. The second-order valence-corrected chi connectivity index (χ2v) is 7.08. The third kappa shape index (κ3) is 4.92. The van der Waals surface area contributed by atoms with Gasteiger partial charge in [0.2, 0.25) is 5.91 Å². The van der Waals surface area contributed by atoms with Gasteiger partial charge in [-0.1, -0.05) is 6.07 Å². The van der Waals surface area contributed by atoms with Gasteiger partial charge < -0.3 is 20.7 Å². The predicted molar refractivity (Wildman–Crippen MR) is 94.8 cm³/mol. The molecular formula is C19H28FN3O2. The van der Waals surface area contributed by atoms with Crippen LogP contribution in [0.4, 0.5) is 4.39 Å². The van der Waals surface area contributed by atoms with Crippen LogP contribution in [0, 0.1) is 11.7 Å². The molecule has 0 bridgehead atoms. The van der Waals surface area contributed by atoms with Gasteiger partial charge in [-0.25, -0.2) is 4.39 Å². The van der Waals surface area contributed by atoms with Gasteiger partial charge in [-0.3, -0.25) is 4.79 Å². The van der Waals surface area contributed by atoms with Crippen LogP contribution >= 0.6 is 0 Å². The summed E-state index contributed by atoms with van der Waals surface area (Å²) in [4.78, 5) is 13.7. The Balaban J connectivity index is 1.47. The van der Waals surface area contributed by atoms with Crippen LogP contribution in [-0.2, 0) is 4.79 Å². The van der Waals surface area contributed by atoms with Gasteiger partial charge >= 0.3 is 0 Å². The van der Waals surface area contributed by atoms with Crippen molar-refractivity contribution >= 4 is 5.91 Å². The van der Waals surface area contributed by atoms with E-state index >= 15 is 0 Å². The number of nitrogens with zero attached hydrogens (tertiary/aromatic N) is 1. The smallest absolute Gasteiger partial charge is 0.221 e. The Hall–Kier alpha value is -1.66. The molecule has 0 unspecified atom stereocenters. The van der Waals surface area contributed by atoms with Crippen LogP contribution in [0.25, 0.3) is 0 Å². The van der Waals surface area contributed by atoms with Crippen molar-refractivity contribution in [1.82, 2.24) is 10.2 Å².